The molecule has 0 saturated heterocycles. The minimum atomic E-state index is -4.50. The van der Waals surface area contributed by atoms with Gasteiger partial charge in [0.1, 0.15) is 0 Å². The fourth-order valence-corrected chi connectivity index (χ4v) is 0.271. The van der Waals surface area contributed by atoms with E-state index in [1.807, 2.05) is 0 Å². The van der Waals surface area contributed by atoms with E-state index in [4.69, 9.17) is 5.73 Å². The minimum absolute atomic E-state index is 0.372. The number of hydrogen-bond acceptors (Lipinski definition) is 3. The molecule has 6 heteroatoms. The maximum Gasteiger partial charge on any atom is 0.457 e. The number of rotatable bonds is 3. The van der Waals surface area contributed by atoms with E-state index in [0.29, 0.717) is 0 Å². The van der Waals surface area contributed by atoms with Gasteiger partial charge in [-0.3, -0.25) is 4.79 Å². The molecule has 0 atom stereocenters. The summed E-state index contributed by atoms with van der Waals surface area (Å²) in [7, 11) is 0. The van der Waals surface area contributed by atoms with Crippen molar-refractivity contribution in [3.63, 3.8) is 0 Å². The van der Waals surface area contributed by atoms with E-state index < -0.39 is 18.6 Å². The van der Waals surface area contributed by atoms with Gasteiger partial charge in [-0.1, -0.05) is 0 Å². The molecule has 0 spiro atoms. The summed E-state index contributed by atoms with van der Waals surface area (Å²) in [6.07, 6.45) is -4.50. The molecule has 0 aromatic rings. The molecule has 0 heterocycles. The van der Waals surface area contributed by atoms with Gasteiger partial charge in [0.15, 0.2) is 5.78 Å². The van der Waals surface area contributed by atoms with Crippen LogP contribution in [-0.2, 0) is 4.79 Å². The van der Waals surface area contributed by atoms with E-state index in [1.165, 1.54) is 0 Å². The average molecular weight is 156 g/mol. The molecule has 3 nitrogen and oxygen atoms in total. The molecule has 0 aliphatic rings. The van der Waals surface area contributed by atoms with E-state index in [2.05, 4.69) is 0 Å². The van der Waals surface area contributed by atoms with Gasteiger partial charge in [-0.25, -0.2) is 5.32 Å². The SMILES string of the molecule is NCC(=O)CNC(F)(F)F. The predicted molar refractivity (Wildman–Crippen MR) is 28.1 cm³/mol. The summed E-state index contributed by atoms with van der Waals surface area (Å²) in [6, 6.07) is 0. The van der Waals surface area contributed by atoms with Crippen LogP contribution < -0.4 is 11.1 Å². The Kier molecular flexibility index (Phi) is 3.31. The highest BCUT2D eigenvalue weighted by atomic mass is 19.4. The standard InChI is InChI=1S/C4H7F3N2O/c5-4(6,7)9-2-3(10)1-8/h9H,1-2,8H2. The largest absolute Gasteiger partial charge is 0.457 e. The van der Waals surface area contributed by atoms with E-state index >= 15 is 0 Å². The summed E-state index contributed by atoms with van der Waals surface area (Å²) in [5, 5.41) is 1.04. The molecular weight excluding hydrogens is 149 g/mol. The first kappa shape index (κ1) is 9.38. The van der Waals surface area contributed by atoms with Crippen LogP contribution in [-0.4, -0.2) is 25.2 Å². The summed E-state index contributed by atoms with van der Waals surface area (Å²) in [5.74, 6) is -0.669. The van der Waals surface area contributed by atoms with Gasteiger partial charge >= 0.3 is 6.30 Å². The van der Waals surface area contributed by atoms with Gasteiger partial charge in [-0.2, -0.15) is 13.2 Å². The van der Waals surface area contributed by atoms with Crippen LogP contribution in [0.15, 0.2) is 0 Å². The van der Waals surface area contributed by atoms with Crippen molar-refractivity contribution in [1.82, 2.24) is 5.32 Å². The number of carbonyl (C=O) groups excluding carboxylic acids is 1. The van der Waals surface area contributed by atoms with Crippen molar-refractivity contribution in [2.24, 2.45) is 5.73 Å². The number of halogens is 3. The van der Waals surface area contributed by atoms with Gasteiger partial charge in [0.2, 0.25) is 0 Å². The van der Waals surface area contributed by atoms with Crippen molar-refractivity contribution >= 4 is 5.78 Å². The molecule has 0 saturated carbocycles. The first-order valence-corrected chi connectivity index (χ1v) is 2.49. The number of hydrogen-bond donors (Lipinski definition) is 2. The molecule has 0 aliphatic carbocycles. The van der Waals surface area contributed by atoms with Crippen molar-refractivity contribution in [2.45, 2.75) is 6.30 Å². The van der Waals surface area contributed by atoms with E-state index in [-0.39, 0.29) is 6.54 Å². The molecule has 0 radical (unpaired) electrons. The molecule has 0 bridgehead atoms. The molecule has 0 unspecified atom stereocenters. The van der Waals surface area contributed by atoms with Gasteiger partial charge < -0.3 is 5.73 Å². The fourth-order valence-electron chi connectivity index (χ4n) is 0.271. The summed E-state index contributed by atoms with van der Waals surface area (Å²) in [6.45, 7) is -1.12. The third-order valence-electron chi connectivity index (χ3n) is 0.714. The third kappa shape index (κ3) is 5.52. The number of Topliss-reactive ketones (excluding diaryl/α,β-unsaturated/α-hetero) is 1. The number of ketones is 1. The van der Waals surface area contributed by atoms with E-state index in [1.54, 1.807) is 0 Å². The summed E-state index contributed by atoms with van der Waals surface area (Å²) in [4.78, 5) is 10.2. The zero-order valence-corrected chi connectivity index (χ0v) is 5.03. The molecule has 0 amide bonds. The Morgan fingerprint density at radius 1 is 1.50 bits per heavy atom. The summed E-state index contributed by atoms with van der Waals surface area (Å²) >= 11 is 0. The Bertz CT molecular complexity index is 122. The number of carbonyl (C=O) groups is 1. The Labute approximate surface area is 55.4 Å². The van der Waals surface area contributed by atoms with Crippen LogP contribution in [0.2, 0.25) is 0 Å². The lowest BCUT2D eigenvalue weighted by Gasteiger charge is -2.05. The van der Waals surface area contributed by atoms with Crippen LogP contribution in [0.4, 0.5) is 13.2 Å². The van der Waals surface area contributed by atoms with E-state index in [0.717, 1.165) is 5.32 Å². The lowest BCUT2D eigenvalue weighted by atomic mass is 10.4. The van der Waals surface area contributed by atoms with Crippen molar-refractivity contribution in [1.29, 1.82) is 0 Å². The summed E-state index contributed by atoms with van der Waals surface area (Å²) < 4.78 is 33.7. The Balaban J connectivity index is 3.46. The topological polar surface area (TPSA) is 55.1 Å². The number of nitrogens with one attached hydrogen (secondary N) is 1. The van der Waals surface area contributed by atoms with Crippen molar-refractivity contribution in [3.8, 4) is 0 Å². The van der Waals surface area contributed by atoms with Gasteiger partial charge in [-0.15, -0.1) is 0 Å². The second-order valence-electron chi connectivity index (χ2n) is 1.59. The van der Waals surface area contributed by atoms with Crippen LogP contribution in [0.1, 0.15) is 0 Å². The maximum atomic E-state index is 11.2. The fraction of sp³-hybridized carbons (Fsp3) is 0.750. The molecule has 0 aliphatic heterocycles. The maximum absolute atomic E-state index is 11.2. The van der Waals surface area contributed by atoms with Crippen LogP contribution in [0.3, 0.4) is 0 Å². The van der Waals surface area contributed by atoms with Crippen LogP contribution in [0.5, 0.6) is 0 Å². The van der Waals surface area contributed by atoms with Crippen molar-refractivity contribution in [2.75, 3.05) is 13.1 Å². The molecule has 0 aromatic carbocycles. The molecule has 0 aromatic heterocycles. The highest BCUT2D eigenvalue weighted by Gasteiger charge is 2.26. The second kappa shape index (κ2) is 3.52. The van der Waals surface area contributed by atoms with E-state index in [9.17, 15) is 18.0 Å². The zero-order valence-electron chi connectivity index (χ0n) is 5.03. The normalized spacial score (nSPS) is 11.6. The minimum Gasteiger partial charge on any atom is -0.324 e. The van der Waals surface area contributed by atoms with Gasteiger partial charge in [0, 0.05) is 0 Å². The average Bonchev–Trinajstić information content (AvgIpc) is 1.81. The molecule has 60 valence electrons. The highest BCUT2D eigenvalue weighted by Crippen LogP contribution is 2.07. The summed E-state index contributed by atoms with van der Waals surface area (Å²) in [5.41, 5.74) is 4.74. The molecular formula is C4H7F3N2O. The Morgan fingerprint density at radius 2 is 2.00 bits per heavy atom. The van der Waals surface area contributed by atoms with Gasteiger partial charge in [-0.05, 0) is 0 Å². The smallest absolute Gasteiger partial charge is 0.324 e. The van der Waals surface area contributed by atoms with Crippen molar-refractivity contribution in [3.05, 3.63) is 0 Å². The number of alkyl halides is 3. The first-order valence-electron chi connectivity index (χ1n) is 2.49. The molecule has 10 heavy (non-hydrogen) atoms. The molecule has 3 N–H and O–H groups in total. The molecule has 0 fully saturated rings. The van der Waals surface area contributed by atoms with Gasteiger partial charge in [0.25, 0.3) is 0 Å². The monoisotopic (exact) mass is 156 g/mol. The highest BCUT2D eigenvalue weighted by molar-refractivity contribution is 5.82. The van der Waals surface area contributed by atoms with Crippen LogP contribution in [0.25, 0.3) is 0 Å². The first-order chi connectivity index (χ1) is 4.45. The second-order valence-corrected chi connectivity index (χ2v) is 1.59. The predicted octanol–water partition coefficient (Wildman–Crippen LogP) is -0.376. The Morgan fingerprint density at radius 3 is 2.30 bits per heavy atom. The number of nitrogens with two attached hydrogens (primary N) is 1. The molecule has 0 rings (SSSR count). The van der Waals surface area contributed by atoms with Gasteiger partial charge in [0.05, 0.1) is 13.1 Å². The Hall–Kier alpha value is -0.620. The lowest BCUT2D eigenvalue weighted by Crippen LogP contribution is -2.37. The van der Waals surface area contributed by atoms with Crippen LogP contribution >= 0.6 is 0 Å². The van der Waals surface area contributed by atoms with Crippen molar-refractivity contribution < 1.29 is 18.0 Å². The zero-order chi connectivity index (χ0) is 8.20. The lowest BCUT2D eigenvalue weighted by molar-refractivity contribution is -0.159. The third-order valence-corrected chi connectivity index (χ3v) is 0.714. The quantitative estimate of drug-likeness (QED) is 0.548. The van der Waals surface area contributed by atoms with Crippen LogP contribution in [0, 0.1) is 0 Å².